The van der Waals surface area contributed by atoms with Gasteiger partial charge in [0.05, 0.1) is 17.9 Å². The van der Waals surface area contributed by atoms with Gasteiger partial charge in [0.2, 0.25) is 0 Å². The van der Waals surface area contributed by atoms with E-state index in [2.05, 4.69) is 70.8 Å². The summed E-state index contributed by atoms with van der Waals surface area (Å²) in [6.07, 6.45) is 1.84. The van der Waals surface area contributed by atoms with Crippen molar-refractivity contribution in [2.45, 2.75) is 53.2 Å². The lowest BCUT2D eigenvalue weighted by atomic mass is 10.1. The fraction of sp³-hybridized carbons (Fsp3) is 0.550. The SMILES string of the molecule is CCN(CC)c1cccc(Nc2nnncc2NCC(C)(C)OC(C)C)c1. The zero-order chi connectivity index (χ0) is 19.9. The Morgan fingerprint density at radius 2 is 1.93 bits per heavy atom. The number of hydrogen-bond acceptors (Lipinski definition) is 7. The molecule has 2 aromatic rings. The fourth-order valence-corrected chi connectivity index (χ4v) is 2.98. The zero-order valence-corrected chi connectivity index (χ0v) is 17.3. The van der Waals surface area contributed by atoms with Crippen LogP contribution in [-0.4, -0.2) is 46.8 Å². The lowest BCUT2D eigenvalue weighted by Crippen LogP contribution is -2.36. The molecule has 0 saturated heterocycles. The van der Waals surface area contributed by atoms with Gasteiger partial charge >= 0.3 is 0 Å². The van der Waals surface area contributed by atoms with Crippen molar-refractivity contribution in [1.82, 2.24) is 15.4 Å². The molecule has 0 amide bonds. The van der Waals surface area contributed by atoms with Crippen LogP contribution < -0.4 is 15.5 Å². The van der Waals surface area contributed by atoms with E-state index in [1.165, 1.54) is 5.69 Å². The van der Waals surface area contributed by atoms with E-state index in [0.29, 0.717) is 12.4 Å². The number of ether oxygens (including phenoxy) is 1. The molecular weight excluding hydrogens is 340 g/mol. The normalized spacial score (nSPS) is 11.5. The molecule has 0 bridgehead atoms. The molecule has 0 radical (unpaired) electrons. The Hall–Kier alpha value is -2.41. The Labute approximate surface area is 162 Å². The van der Waals surface area contributed by atoms with Gasteiger partial charge in [-0.1, -0.05) is 6.07 Å². The van der Waals surface area contributed by atoms with E-state index in [1.807, 2.05) is 26.0 Å². The summed E-state index contributed by atoms with van der Waals surface area (Å²) in [5.74, 6) is 0.641. The lowest BCUT2D eigenvalue weighted by molar-refractivity contribution is -0.0461. The molecule has 1 aromatic carbocycles. The molecule has 0 saturated carbocycles. The molecule has 0 atom stereocenters. The number of rotatable bonds is 10. The molecule has 1 heterocycles. The molecular formula is C20H32N6O. The maximum Gasteiger partial charge on any atom is 0.179 e. The van der Waals surface area contributed by atoms with Crippen molar-refractivity contribution < 1.29 is 4.74 Å². The van der Waals surface area contributed by atoms with Crippen LogP contribution in [0.4, 0.5) is 22.9 Å². The highest BCUT2D eigenvalue weighted by atomic mass is 16.5. The Morgan fingerprint density at radius 1 is 1.19 bits per heavy atom. The third-order valence-corrected chi connectivity index (χ3v) is 4.14. The van der Waals surface area contributed by atoms with Crippen molar-refractivity contribution in [3.63, 3.8) is 0 Å². The molecule has 27 heavy (non-hydrogen) atoms. The summed E-state index contributed by atoms with van der Waals surface area (Å²) in [5.41, 5.74) is 2.62. The minimum atomic E-state index is -0.308. The summed E-state index contributed by atoms with van der Waals surface area (Å²) >= 11 is 0. The van der Waals surface area contributed by atoms with Crippen molar-refractivity contribution in [2.24, 2.45) is 0 Å². The van der Waals surface area contributed by atoms with Crippen LogP contribution in [0.3, 0.4) is 0 Å². The van der Waals surface area contributed by atoms with Crippen molar-refractivity contribution in [3.05, 3.63) is 30.5 Å². The molecule has 0 aliphatic rings. The Balaban J connectivity index is 2.13. The van der Waals surface area contributed by atoms with Crippen molar-refractivity contribution in [1.29, 1.82) is 0 Å². The van der Waals surface area contributed by atoms with Crippen LogP contribution in [0.15, 0.2) is 30.5 Å². The minimum absolute atomic E-state index is 0.163. The lowest BCUT2D eigenvalue weighted by Gasteiger charge is -2.28. The molecule has 0 unspecified atom stereocenters. The Morgan fingerprint density at radius 3 is 2.59 bits per heavy atom. The standard InChI is InChI=1S/C20H32N6O/c1-7-26(8-2)17-11-9-10-16(12-17)23-19-18(13-22-25-24-19)21-14-20(5,6)27-15(3)4/h9-13,15H,7-8,14H2,1-6H3,(H,21,25)(H,22,23,24). The molecule has 148 valence electrons. The van der Waals surface area contributed by atoms with Gasteiger partial charge in [-0.2, -0.15) is 0 Å². The fourth-order valence-electron chi connectivity index (χ4n) is 2.98. The first kappa shape index (κ1) is 20.9. The molecule has 0 aliphatic heterocycles. The Bertz CT molecular complexity index is 715. The van der Waals surface area contributed by atoms with E-state index >= 15 is 0 Å². The number of nitrogens with zero attached hydrogens (tertiary/aromatic N) is 4. The third kappa shape index (κ3) is 6.36. The van der Waals surface area contributed by atoms with Gasteiger partial charge < -0.3 is 20.3 Å². The summed E-state index contributed by atoms with van der Waals surface area (Å²) in [4.78, 5) is 2.30. The number of anilines is 4. The van der Waals surface area contributed by atoms with Crippen LogP contribution in [0.25, 0.3) is 0 Å². The highest BCUT2D eigenvalue weighted by molar-refractivity contribution is 5.71. The second kappa shape index (κ2) is 9.50. The summed E-state index contributed by atoms with van der Waals surface area (Å²) < 4.78 is 5.94. The van der Waals surface area contributed by atoms with Gasteiger partial charge in [-0.25, -0.2) is 0 Å². The molecule has 7 nitrogen and oxygen atoms in total. The van der Waals surface area contributed by atoms with Gasteiger partial charge in [0.25, 0.3) is 0 Å². The molecule has 0 aliphatic carbocycles. The first-order valence-electron chi connectivity index (χ1n) is 9.56. The van der Waals surface area contributed by atoms with Gasteiger partial charge in [-0.3, -0.25) is 0 Å². The van der Waals surface area contributed by atoms with Crippen LogP contribution in [0, 0.1) is 0 Å². The second-order valence-corrected chi connectivity index (χ2v) is 7.32. The molecule has 1 aromatic heterocycles. The highest BCUT2D eigenvalue weighted by Crippen LogP contribution is 2.25. The van der Waals surface area contributed by atoms with Crippen LogP contribution in [-0.2, 0) is 4.74 Å². The number of aromatic nitrogens is 3. The minimum Gasteiger partial charge on any atom is -0.378 e. The third-order valence-electron chi connectivity index (χ3n) is 4.14. The smallest absolute Gasteiger partial charge is 0.179 e. The van der Waals surface area contributed by atoms with Crippen LogP contribution >= 0.6 is 0 Å². The van der Waals surface area contributed by atoms with Crippen molar-refractivity contribution >= 4 is 22.9 Å². The van der Waals surface area contributed by atoms with E-state index < -0.39 is 0 Å². The summed E-state index contributed by atoms with van der Waals surface area (Å²) in [7, 11) is 0. The quantitative estimate of drug-likeness (QED) is 0.651. The van der Waals surface area contributed by atoms with Gasteiger partial charge in [0.1, 0.15) is 5.69 Å². The molecule has 2 rings (SSSR count). The van der Waals surface area contributed by atoms with E-state index in [0.717, 1.165) is 24.5 Å². The average Bonchev–Trinajstić information content (AvgIpc) is 2.61. The van der Waals surface area contributed by atoms with Gasteiger partial charge in [0, 0.05) is 31.0 Å². The second-order valence-electron chi connectivity index (χ2n) is 7.32. The van der Waals surface area contributed by atoms with E-state index in [9.17, 15) is 0 Å². The largest absolute Gasteiger partial charge is 0.378 e. The topological polar surface area (TPSA) is 75.2 Å². The predicted molar refractivity (Wildman–Crippen MR) is 112 cm³/mol. The Kier molecular flexibility index (Phi) is 7.36. The van der Waals surface area contributed by atoms with Crippen molar-refractivity contribution in [3.8, 4) is 0 Å². The first-order valence-corrected chi connectivity index (χ1v) is 9.56. The van der Waals surface area contributed by atoms with E-state index in [1.54, 1.807) is 6.20 Å². The summed E-state index contributed by atoms with van der Waals surface area (Å²) in [5, 5.41) is 18.6. The highest BCUT2D eigenvalue weighted by Gasteiger charge is 2.20. The maximum absolute atomic E-state index is 5.94. The number of hydrogen-bond donors (Lipinski definition) is 2. The van der Waals surface area contributed by atoms with Crippen LogP contribution in [0.1, 0.15) is 41.5 Å². The van der Waals surface area contributed by atoms with Crippen molar-refractivity contribution in [2.75, 3.05) is 35.2 Å². The van der Waals surface area contributed by atoms with E-state index in [4.69, 9.17) is 4.74 Å². The van der Waals surface area contributed by atoms with E-state index in [-0.39, 0.29) is 11.7 Å². The maximum atomic E-state index is 5.94. The average molecular weight is 373 g/mol. The first-order chi connectivity index (χ1) is 12.8. The zero-order valence-electron chi connectivity index (χ0n) is 17.3. The monoisotopic (exact) mass is 372 g/mol. The van der Waals surface area contributed by atoms with Crippen LogP contribution in [0.5, 0.6) is 0 Å². The molecule has 0 fully saturated rings. The van der Waals surface area contributed by atoms with Crippen LogP contribution in [0.2, 0.25) is 0 Å². The van der Waals surface area contributed by atoms with Gasteiger partial charge in [-0.05, 0) is 65.0 Å². The molecule has 0 spiro atoms. The molecule has 2 N–H and O–H groups in total. The number of nitrogens with one attached hydrogen (secondary N) is 2. The summed E-state index contributed by atoms with van der Waals surface area (Å²) in [6, 6.07) is 8.29. The van der Waals surface area contributed by atoms with Gasteiger partial charge in [0.15, 0.2) is 5.82 Å². The molecule has 7 heteroatoms. The van der Waals surface area contributed by atoms with Gasteiger partial charge in [-0.15, -0.1) is 10.2 Å². The number of benzene rings is 1. The summed E-state index contributed by atoms with van der Waals surface area (Å²) in [6.45, 7) is 15.1. The predicted octanol–water partition coefficient (Wildman–Crippen LogP) is 4.08.